The second kappa shape index (κ2) is 9.63. The number of benzene rings is 2. The van der Waals surface area contributed by atoms with Crippen molar-refractivity contribution in [2.45, 2.75) is 39.8 Å². The molecule has 1 saturated heterocycles. The molecule has 7 heteroatoms. The molecule has 1 aromatic heterocycles. The molecule has 0 saturated carbocycles. The quantitative estimate of drug-likeness (QED) is 0.632. The standard InChI is InChI=1S/C25H31N5O2/c1-17-9-8-10-18(2)22(17)26-24(31)19(3)29-13-15-30(16-14-29)20(4)25-27-23(28-32-25)21-11-6-5-7-12-21/h5-12,19-20H,13-16H2,1-4H3,(H,26,31). The van der Waals surface area contributed by atoms with Crippen molar-refractivity contribution in [3.8, 4) is 11.4 Å². The van der Waals surface area contributed by atoms with E-state index in [4.69, 9.17) is 4.52 Å². The minimum atomic E-state index is -0.195. The molecule has 2 atom stereocenters. The minimum absolute atomic E-state index is 0.0286. The summed E-state index contributed by atoms with van der Waals surface area (Å²) in [4.78, 5) is 22.1. The van der Waals surface area contributed by atoms with Gasteiger partial charge in [-0.15, -0.1) is 0 Å². The SMILES string of the molecule is Cc1cccc(C)c1NC(=O)C(C)N1CCN(C(C)c2nc(-c3ccccc3)no2)CC1. The highest BCUT2D eigenvalue weighted by atomic mass is 16.5. The molecule has 4 rings (SSSR count). The molecule has 0 bridgehead atoms. The molecule has 1 N–H and O–H groups in total. The highest BCUT2D eigenvalue weighted by Gasteiger charge is 2.30. The van der Waals surface area contributed by atoms with Gasteiger partial charge in [0.15, 0.2) is 0 Å². The zero-order valence-electron chi connectivity index (χ0n) is 19.2. The Morgan fingerprint density at radius 2 is 1.56 bits per heavy atom. The number of aryl methyl sites for hydroxylation is 2. The van der Waals surface area contributed by atoms with E-state index in [-0.39, 0.29) is 18.0 Å². The number of hydrogen-bond donors (Lipinski definition) is 1. The van der Waals surface area contributed by atoms with Gasteiger partial charge >= 0.3 is 0 Å². The highest BCUT2D eigenvalue weighted by molar-refractivity contribution is 5.95. The molecule has 1 aliphatic rings. The van der Waals surface area contributed by atoms with E-state index in [2.05, 4.69) is 32.2 Å². The second-order valence-corrected chi connectivity index (χ2v) is 8.50. The minimum Gasteiger partial charge on any atom is -0.337 e. The van der Waals surface area contributed by atoms with Crippen molar-refractivity contribution in [1.29, 1.82) is 0 Å². The molecule has 32 heavy (non-hydrogen) atoms. The van der Waals surface area contributed by atoms with Crippen molar-refractivity contribution in [3.63, 3.8) is 0 Å². The fraction of sp³-hybridized carbons (Fsp3) is 0.400. The Labute approximate surface area is 189 Å². The van der Waals surface area contributed by atoms with Crippen LogP contribution in [0.4, 0.5) is 5.69 Å². The normalized spacial score (nSPS) is 17.1. The summed E-state index contributed by atoms with van der Waals surface area (Å²) < 4.78 is 5.55. The number of amides is 1. The number of carbonyl (C=O) groups excluding carboxylic acids is 1. The van der Waals surface area contributed by atoms with Crippen LogP contribution < -0.4 is 5.32 Å². The first kappa shape index (κ1) is 22.2. The Kier molecular flexibility index (Phi) is 6.67. The average Bonchev–Trinajstić information content (AvgIpc) is 3.31. The van der Waals surface area contributed by atoms with Crippen molar-refractivity contribution >= 4 is 11.6 Å². The number of carbonyl (C=O) groups is 1. The zero-order chi connectivity index (χ0) is 22.7. The van der Waals surface area contributed by atoms with Crippen molar-refractivity contribution < 1.29 is 9.32 Å². The Bertz CT molecular complexity index is 1040. The molecule has 168 valence electrons. The lowest BCUT2D eigenvalue weighted by Gasteiger charge is -2.39. The lowest BCUT2D eigenvalue weighted by atomic mass is 10.1. The van der Waals surface area contributed by atoms with Gasteiger partial charge in [0.2, 0.25) is 17.6 Å². The maximum Gasteiger partial charge on any atom is 0.244 e. The predicted octanol–water partition coefficient (Wildman–Crippen LogP) is 4.06. The maximum atomic E-state index is 12.9. The molecule has 3 aromatic rings. The van der Waals surface area contributed by atoms with Crippen molar-refractivity contribution in [2.75, 3.05) is 31.5 Å². The van der Waals surface area contributed by atoms with Crippen LogP contribution >= 0.6 is 0 Å². The number of nitrogens with zero attached hydrogens (tertiary/aromatic N) is 4. The first-order valence-corrected chi connectivity index (χ1v) is 11.2. The molecule has 7 nitrogen and oxygen atoms in total. The third kappa shape index (κ3) is 4.74. The van der Waals surface area contributed by atoms with Gasteiger partial charge in [-0.1, -0.05) is 53.7 Å². The van der Waals surface area contributed by atoms with Crippen molar-refractivity contribution in [1.82, 2.24) is 19.9 Å². The van der Waals surface area contributed by atoms with Gasteiger partial charge in [-0.2, -0.15) is 4.98 Å². The molecule has 1 fully saturated rings. The number of piperazine rings is 1. The summed E-state index contributed by atoms with van der Waals surface area (Å²) in [6.45, 7) is 11.4. The molecule has 1 aliphatic heterocycles. The number of rotatable bonds is 6. The molecular formula is C25H31N5O2. The Balaban J connectivity index is 1.33. The number of nitrogens with one attached hydrogen (secondary N) is 1. The summed E-state index contributed by atoms with van der Waals surface area (Å²) in [7, 11) is 0. The van der Waals surface area contributed by atoms with E-state index in [9.17, 15) is 4.79 Å². The third-order valence-corrected chi connectivity index (χ3v) is 6.38. The van der Waals surface area contributed by atoms with Gasteiger partial charge in [0.1, 0.15) is 0 Å². The lowest BCUT2D eigenvalue weighted by Crippen LogP contribution is -2.53. The molecule has 2 unspecified atom stereocenters. The van der Waals surface area contributed by atoms with E-state index in [1.54, 1.807) is 0 Å². The molecule has 0 spiro atoms. The van der Waals surface area contributed by atoms with Gasteiger partial charge in [-0.25, -0.2) is 0 Å². The van der Waals surface area contributed by atoms with Crippen LogP contribution in [-0.2, 0) is 4.79 Å². The van der Waals surface area contributed by atoms with Crippen LogP contribution in [0.2, 0.25) is 0 Å². The molecule has 2 aromatic carbocycles. The van der Waals surface area contributed by atoms with E-state index < -0.39 is 0 Å². The van der Waals surface area contributed by atoms with Gasteiger partial charge in [-0.05, 0) is 38.8 Å². The average molecular weight is 434 g/mol. The van der Waals surface area contributed by atoms with Crippen LogP contribution in [0.1, 0.15) is 36.9 Å². The predicted molar refractivity (Wildman–Crippen MR) is 125 cm³/mol. The molecule has 1 amide bonds. The van der Waals surface area contributed by atoms with Crippen molar-refractivity contribution in [3.05, 3.63) is 65.5 Å². The largest absolute Gasteiger partial charge is 0.337 e. The Morgan fingerprint density at radius 1 is 0.938 bits per heavy atom. The van der Waals surface area contributed by atoms with Crippen LogP contribution in [0.5, 0.6) is 0 Å². The van der Waals surface area contributed by atoms with Crippen LogP contribution in [0, 0.1) is 13.8 Å². The van der Waals surface area contributed by atoms with E-state index >= 15 is 0 Å². The summed E-state index contributed by atoms with van der Waals surface area (Å²) in [6.07, 6.45) is 0. The third-order valence-electron chi connectivity index (χ3n) is 6.38. The van der Waals surface area contributed by atoms with Crippen molar-refractivity contribution in [2.24, 2.45) is 0 Å². The van der Waals surface area contributed by atoms with E-state index in [1.807, 2.05) is 69.3 Å². The molecule has 2 heterocycles. The lowest BCUT2D eigenvalue weighted by molar-refractivity contribution is -0.121. The monoisotopic (exact) mass is 433 g/mol. The molecular weight excluding hydrogens is 402 g/mol. The van der Waals surface area contributed by atoms with E-state index in [0.29, 0.717) is 11.7 Å². The number of aromatic nitrogens is 2. The first-order valence-electron chi connectivity index (χ1n) is 11.2. The second-order valence-electron chi connectivity index (χ2n) is 8.50. The summed E-state index contributed by atoms with van der Waals surface area (Å²) in [5, 5.41) is 7.27. The number of para-hydroxylation sites is 1. The van der Waals surface area contributed by atoms with Gasteiger partial charge in [0, 0.05) is 37.4 Å². The van der Waals surface area contributed by atoms with Gasteiger partial charge in [-0.3, -0.25) is 14.6 Å². The maximum absolute atomic E-state index is 12.9. The van der Waals surface area contributed by atoms with Crippen LogP contribution in [-0.4, -0.2) is 58.1 Å². The Morgan fingerprint density at radius 3 is 2.22 bits per heavy atom. The first-order chi connectivity index (χ1) is 15.4. The highest BCUT2D eigenvalue weighted by Crippen LogP contribution is 2.24. The fourth-order valence-electron chi connectivity index (χ4n) is 4.18. The topological polar surface area (TPSA) is 74.5 Å². The van der Waals surface area contributed by atoms with E-state index in [0.717, 1.165) is 48.6 Å². The Hall–Kier alpha value is -3.03. The fourth-order valence-corrected chi connectivity index (χ4v) is 4.18. The van der Waals surface area contributed by atoms with Crippen LogP contribution in [0.15, 0.2) is 53.1 Å². The summed E-state index contributed by atoms with van der Waals surface area (Å²) in [5.74, 6) is 1.27. The number of anilines is 1. The molecule has 0 radical (unpaired) electrons. The van der Waals surface area contributed by atoms with Gasteiger partial charge in [0.05, 0.1) is 12.1 Å². The summed E-state index contributed by atoms with van der Waals surface area (Å²) in [6, 6.07) is 15.7. The summed E-state index contributed by atoms with van der Waals surface area (Å²) in [5.41, 5.74) is 4.03. The van der Waals surface area contributed by atoms with Gasteiger partial charge < -0.3 is 9.84 Å². The van der Waals surface area contributed by atoms with E-state index in [1.165, 1.54) is 0 Å². The van der Waals surface area contributed by atoms with Crippen LogP contribution in [0.3, 0.4) is 0 Å². The summed E-state index contributed by atoms with van der Waals surface area (Å²) >= 11 is 0. The zero-order valence-corrected chi connectivity index (χ0v) is 19.2. The van der Waals surface area contributed by atoms with Crippen LogP contribution in [0.25, 0.3) is 11.4 Å². The number of hydrogen-bond acceptors (Lipinski definition) is 6. The smallest absolute Gasteiger partial charge is 0.244 e. The molecule has 0 aliphatic carbocycles. The van der Waals surface area contributed by atoms with Gasteiger partial charge in [0.25, 0.3) is 0 Å².